The van der Waals surface area contributed by atoms with Crippen molar-refractivity contribution in [2.75, 3.05) is 0 Å². The summed E-state index contributed by atoms with van der Waals surface area (Å²) in [4.78, 5) is 8.17. The topological polar surface area (TPSA) is 74.0 Å². The van der Waals surface area contributed by atoms with Crippen molar-refractivity contribution < 1.29 is 9.66 Å². The highest BCUT2D eigenvalue weighted by Gasteiger charge is 2.26. The number of aromatic nitrogens is 3. The van der Waals surface area contributed by atoms with E-state index in [0.29, 0.717) is 5.69 Å². The second-order valence-corrected chi connectivity index (χ2v) is 5.33. The summed E-state index contributed by atoms with van der Waals surface area (Å²) in [6, 6.07) is 12.5. The fourth-order valence-electron chi connectivity index (χ4n) is 1.81. The highest BCUT2D eigenvalue weighted by Crippen LogP contribution is 2.23. The summed E-state index contributed by atoms with van der Waals surface area (Å²) < 4.78 is 13.8. The number of imidazole rings is 1. The molecule has 0 aliphatic heterocycles. The first kappa shape index (κ1) is 12.2. The number of para-hydroxylation sites is 2. The molecule has 6 heteroatoms. The van der Waals surface area contributed by atoms with Gasteiger partial charge in [-0.05, 0) is 24.3 Å². The molecule has 0 amide bonds. The minimum absolute atomic E-state index is 0.374. The average Bonchev–Trinajstić information content (AvgIpc) is 2.90. The van der Waals surface area contributed by atoms with E-state index in [4.69, 9.17) is 0 Å². The van der Waals surface area contributed by atoms with Crippen molar-refractivity contribution in [2.24, 2.45) is 0 Å². The first-order valence-electron chi connectivity index (χ1n) is 5.69. The van der Waals surface area contributed by atoms with Crippen molar-refractivity contribution in [3.8, 4) is 0 Å². The largest absolute Gasteiger partial charge is 0.590 e. The number of pyridine rings is 1. The third-order valence-corrected chi connectivity index (χ3v) is 4.05. The molecule has 0 bridgehead atoms. The first-order valence-corrected chi connectivity index (χ1v) is 6.86. The fraction of sp³-hybridized carbons (Fsp3) is 0.0769. The number of nitrogens with zero attached hydrogens (tertiary/aromatic N) is 3. The zero-order chi connectivity index (χ0) is 13.2. The summed E-state index contributed by atoms with van der Waals surface area (Å²) in [5.74, 6) is 0. The molecule has 0 aliphatic rings. The maximum Gasteiger partial charge on any atom is 0.282 e. The highest BCUT2D eigenvalue weighted by molar-refractivity contribution is 7.90. The Bertz CT molecular complexity index is 686. The van der Waals surface area contributed by atoms with Crippen molar-refractivity contribution in [2.45, 2.75) is 5.44 Å². The molecule has 2 aromatic heterocycles. The Morgan fingerprint density at radius 3 is 2.68 bits per heavy atom. The molecule has 3 rings (SSSR count). The zero-order valence-corrected chi connectivity index (χ0v) is 10.7. The Labute approximate surface area is 112 Å². The number of fused-ring (bicyclic) bond motifs is 1. The monoisotopic (exact) mass is 273 g/mol. The molecule has 2 unspecified atom stereocenters. The van der Waals surface area contributed by atoms with E-state index in [2.05, 4.69) is 9.97 Å². The van der Waals surface area contributed by atoms with Gasteiger partial charge in [-0.2, -0.15) is 0 Å². The molecule has 2 heterocycles. The number of rotatable bonds is 3. The van der Waals surface area contributed by atoms with Crippen molar-refractivity contribution in [1.82, 2.24) is 13.9 Å². The quantitative estimate of drug-likeness (QED) is 0.736. The fourth-order valence-corrected chi connectivity index (χ4v) is 2.86. The Morgan fingerprint density at radius 1 is 1.11 bits per heavy atom. The number of aliphatic hydroxyl groups is 1. The van der Waals surface area contributed by atoms with Gasteiger partial charge in [0.05, 0.1) is 5.52 Å². The molecular formula is C13H11N3O2S. The van der Waals surface area contributed by atoms with Gasteiger partial charge >= 0.3 is 0 Å². The standard InChI is InChI=1S/C13H11N3O2S/c17-13(11-6-3-4-8-14-11)19(18)16-9-15-10-5-1-2-7-12(10)16/h1-9,13,17H. The van der Waals surface area contributed by atoms with Gasteiger partial charge in [0, 0.05) is 6.20 Å². The first-order chi connectivity index (χ1) is 9.27. The van der Waals surface area contributed by atoms with Crippen LogP contribution >= 0.6 is 0 Å². The molecular weight excluding hydrogens is 262 g/mol. The van der Waals surface area contributed by atoms with Gasteiger partial charge in [-0.3, -0.25) is 4.98 Å². The zero-order valence-electron chi connectivity index (χ0n) is 9.88. The molecule has 0 fully saturated rings. The van der Waals surface area contributed by atoms with Crippen LogP contribution < -0.4 is 0 Å². The van der Waals surface area contributed by atoms with E-state index in [0.717, 1.165) is 11.0 Å². The predicted molar refractivity (Wildman–Crippen MR) is 72.5 cm³/mol. The van der Waals surface area contributed by atoms with Crippen LogP contribution in [0.15, 0.2) is 55.0 Å². The molecule has 0 spiro atoms. The summed E-state index contributed by atoms with van der Waals surface area (Å²) in [6.45, 7) is 0. The van der Waals surface area contributed by atoms with E-state index in [1.54, 1.807) is 24.4 Å². The van der Waals surface area contributed by atoms with E-state index >= 15 is 0 Å². The Kier molecular flexibility index (Phi) is 3.20. The van der Waals surface area contributed by atoms with Gasteiger partial charge in [-0.15, -0.1) is 3.97 Å². The van der Waals surface area contributed by atoms with Crippen molar-refractivity contribution in [1.29, 1.82) is 0 Å². The molecule has 0 aliphatic carbocycles. The molecule has 1 N–H and O–H groups in total. The van der Waals surface area contributed by atoms with Crippen LogP contribution in [-0.4, -0.2) is 23.6 Å². The van der Waals surface area contributed by atoms with E-state index < -0.39 is 16.8 Å². The molecule has 1 aromatic carbocycles. The third kappa shape index (κ3) is 2.21. The molecule has 0 saturated carbocycles. The second kappa shape index (κ2) is 5.00. The summed E-state index contributed by atoms with van der Waals surface area (Å²) in [7, 11) is 0. The van der Waals surface area contributed by atoms with Crippen LogP contribution in [0.1, 0.15) is 11.1 Å². The number of hydrogen-bond acceptors (Lipinski definition) is 4. The van der Waals surface area contributed by atoms with Crippen LogP contribution in [0.25, 0.3) is 11.0 Å². The van der Waals surface area contributed by atoms with Gasteiger partial charge in [0.1, 0.15) is 28.9 Å². The lowest BCUT2D eigenvalue weighted by Crippen LogP contribution is -2.21. The molecule has 0 saturated heterocycles. The van der Waals surface area contributed by atoms with Crippen LogP contribution in [0.3, 0.4) is 0 Å². The number of hydrogen-bond donors (Lipinski definition) is 1. The lowest BCUT2D eigenvalue weighted by atomic mass is 10.3. The van der Waals surface area contributed by atoms with Crippen molar-refractivity contribution in [3.63, 3.8) is 0 Å². The van der Waals surface area contributed by atoms with Gasteiger partial charge in [0.2, 0.25) is 0 Å². The van der Waals surface area contributed by atoms with Crippen molar-refractivity contribution >= 4 is 22.4 Å². The summed E-state index contributed by atoms with van der Waals surface area (Å²) >= 11 is -1.68. The molecule has 5 nitrogen and oxygen atoms in total. The average molecular weight is 273 g/mol. The summed E-state index contributed by atoms with van der Waals surface area (Å²) in [6.07, 6.45) is 3.02. The molecule has 3 aromatic rings. The van der Waals surface area contributed by atoms with E-state index in [-0.39, 0.29) is 0 Å². The Balaban J connectivity index is 1.98. The van der Waals surface area contributed by atoms with Gasteiger partial charge in [0.25, 0.3) is 5.44 Å². The normalized spacial score (nSPS) is 14.4. The molecule has 19 heavy (non-hydrogen) atoms. The Hall–Kier alpha value is -1.89. The SMILES string of the molecule is [O-][S+](C(O)c1ccccn1)n1cnc2ccccc21. The maximum absolute atomic E-state index is 12.4. The second-order valence-electron chi connectivity index (χ2n) is 3.94. The van der Waals surface area contributed by atoms with Gasteiger partial charge in [-0.25, -0.2) is 4.98 Å². The van der Waals surface area contributed by atoms with Gasteiger partial charge in [0.15, 0.2) is 0 Å². The summed E-state index contributed by atoms with van der Waals surface area (Å²) in [5, 5.41) is 10.1. The van der Waals surface area contributed by atoms with E-state index in [9.17, 15) is 9.66 Å². The third-order valence-electron chi connectivity index (χ3n) is 2.75. The Morgan fingerprint density at radius 2 is 1.89 bits per heavy atom. The highest BCUT2D eigenvalue weighted by atomic mass is 32.2. The smallest absolute Gasteiger partial charge is 0.282 e. The van der Waals surface area contributed by atoms with Crippen LogP contribution in [0.5, 0.6) is 0 Å². The van der Waals surface area contributed by atoms with Crippen LogP contribution in [0, 0.1) is 0 Å². The van der Waals surface area contributed by atoms with Crippen LogP contribution in [0.4, 0.5) is 0 Å². The number of aliphatic hydroxyl groups excluding tert-OH is 1. The summed E-state index contributed by atoms with van der Waals surface area (Å²) in [5.41, 5.74) is 0.650. The predicted octanol–water partition coefficient (Wildman–Crippen LogP) is 1.63. The van der Waals surface area contributed by atoms with Gasteiger partial charge in [-0.1, -0.05) is 18.2 Å². The van der Waals surface area contributed by atoms with E-state index in [1.807, 2.05) is 24.3 Å². The molecule has 96 valence electrons. The number of benzene rings is 1. The lowest BCUT2D eigenvalue weighted by Gasteiger charge is -2.16. The van der Waals surface area contributed by atoms with Crippen LogP contribution in [0.2, 0.25) is 0 Å². The minimum atomic E-state index is -1.68. The maximum atomic E-state index is 12.4. The van der Waals surface area contributed by atoms with Crippen LogP contribution in [-0.2, 0) is 11.4 Å². The van der Waals surface area contributed by atoms with E-state index in [1.165, 1.54) is 10.3 Å². The minimum Gasteiger partial charge on any atom is -0.590 e. The van der Waals surface area contributed by atoms with Gasteiger partial charge < -0.3 is 9.66 Å². The van der Waals surface area contributed by atoms with Crippen molar-refractivity contribution in [3.05, 3.63) is 60.7 Å². The lowest BCUT2D eigenvalue weighted by molar-refractivity contribution is 0.248. The molecule has 0 radical (unpaired) electrons. The molecule has 2 atom stereocenters.